The zero-order valence-electron chi connectivity index (χ0n) is 7.94. The Morgan fingerprint density at radius 2 is 2.08 bits per heavy atom. The van der Waals surface area contributed by atoms with Crippen molar-refractivity contribution in [2.24, 2.45) is 0 Å². The summed E-state index contributed by atoms with van der Waals surface area (Å²) in [6.45, 7) is 1.40. The molecule has 1 amide bonds. The quantitative estimate of drug-likeness (QED) is 0.691. The van der Waals surface area contributed by atoms with Crippen molar-refractivity contribution in [3.05, 3.63) is 0 Å². The van der Waals surface area contributed by atoms with Crippen LogP contribution < -0.4 is 0 Å². The van der Waals surface area contributed by atoms with Crippen LogP contribution in [0.15, 0.2) is 0 Å². The first-order chi connectivity index (χ1) is 6.18. The molecule has 0 aromatic rings. The average molecular weight is 184 g/mol. The van der Waals surface area contributed by atoms with Crippen molar-refractivity contribution in [2.75, 3.05) is 20.1 Å². The fourth-order valence-corrected chi connectivity index (χ4v) is 2.03. The highest BCUT2D eigenvalue weighted by atomic mass is 16.4. The van der Waals surface area contributed by atoms with E-state index in [9.17, 15) is 4.79 Å². The van der Waals surface area contributed by atoms with Crippen LogP contribution in [0.5, 0.6) is 0 Å². The van der Waals surface area contributed by atoms with Gasteiger partial charge < -0.3 is 10.0 Å². The molecule has 1 N–H and O–H groups in total. The maximum atomic E-state index is 10.7. The van der Waals surface area contributed by atoms with Gasteiger partial charge in [-0.1, -0.05) is 0 Å². The highest BCUT2D eigenvalue weighted by Gasteiger charge is 2.35. The summed E-state index contributed by atoms with van der Waals surface area (Å²) >= 11 is 0. The predicted octanol–water partition coefficient (Wildman–Crippen LogP) is 0.833. The molecule has 0 aromatic heterocycles. The lowest BCUT2D eigenvalue weighted by molar-refractivity contribution is 0.149. The van der Waals surface area contributed by atoms with E-state index in [1.165, 1.54) is 17.7 Å². The molecule has 0 unspecified atom stereocenters. The van der Waals surface area contributed by atoms with E-state index in [1.807, 2.05) is 0 Å². The molecule has 0 radical (unpaired) electrons. The Bertz CT molecular complexity index is 216. The third-order valence-corrected chi connectivity index (χ3v) is 3.13. The van der Waals surface area contributed by atoms with Gasteiger partial charge in [0.05, 0.1) is 0 Å². The second-order valence-corrected chi connectivity index (χ2v) is 4.07. The third kappa shape index (κ3) is 1.77. The monoisotopic (exact) mass is 184 g/mol. The van der Waals surface area contributed by atoms with Crippen LogP contribution >= 0.6 is 0 Å². The molecule has 4 nitrogen and oxygen atoms in total. The molecular weight excluding hydrogens is 168 g/mol. The average Bonchev–Trinajstić information content (AvgIpc) is 2.81. The largest absolute Gasteiger partial charge is 0.465 e. The first-order valence-electron chi connectivity index (χ1n) is 4.88. The standard InChI is InChI=1S/C9H16N2O2/c1-10(7-2-3-7)8-4-5-11(6-8)9(12)13/h7-8H,2-6H2,1H3,(H,12,13)/t8-/m0/s1. The van der Waals surface area contributed by atoms with Gasteiger partial charge in [0.15, 0.2) is 0 Å². The van der Waals surface area contributed by atoms with Crippen LogP contribution in [-0.4, -0.2) is 53.2 Å². The van der Waals surface area contributed by atoms with Crippen molar-refractivity contribution in [1.29, 1.82) is 0 Å². The van der Waals surface area contributed by atoms with E-state index >= 15 is 0 Å². The van der Waals surface area contributed by atoms with Gasteiger partial charge in [-0.05, 0) is 26.3 Å². The Balaban J connectivity index is 1.86. The summed E-state index contributed by atoms with van der Waals surface area (Å²) in [5.41, 5.74) is 0. The lowest BCUT2D eigenvalue weighted by Gasteiger charge is -2.23. The Hall–Kier alpha value is -0.770. The molecule has 74 valence electrons. The molecule has 2 aliphatic rings. The second-order valence-electron chi connectivity index (χ2n) is 4.07. The van der Waals surface area contributed by atoms with Crippen LogP contribution in [0.1, 0.15) is 19.3 Å². The summed E-state index contributed by atoms with van der Waals surface area (Å²) in [6.07, 6.45) is 2.81. The molecule has 0 bridgehead atoms. The Labute approximate surface area is 78.1 Å². The van der Waals surface area contributed by atoms with Crippen LogP contribution in [0.3, 0.4) is 0 Å². The van der Waals surface area contributed by atoms with Crippen LogP contribution in [0, 0.1) is 0 Å². The predicted molar refractivity (Wildman–Crippen MR) is 48.8 cm³/mol. The number of rotatable bonds is 2. The zero-order chi connectivity index (χ0) is 9.42. The molecule has 4 heteroatoms. The third-order valence-electron chi connectivity index (χ3n) is 3.13. The van der Waals surface area contributed by atoms with Crippen LogP contribution in [0.4, 0.5) is 4.79 Å². The van der Waals surface area contributed by atoms with Gasteiger partial charge in [-0.25, -0.2) is 4.79 Å². The number of carboxylic acid groups (broad SMARTS) is 1. The van der Waals surface area contributed by atoms with Gasteiger partial charge in [0.25, 0.3) is 0 Å². The molecule has 1 saturated carbocycles. The molecule has 1 atom stereocenters. The van der Waals surface area contributed by atoms with Crippen molar-refractivity contribution >= 4 is 6.09 Å². The van der Waals surface area contributed by atoms with Gasteiger partial charge in [0.2, 0.25) is 0 Å². The Morgan fingerprint density at radius 3 is 2.54 bits per heavy atom. The highest BCUT2D eigenvalue weighted by molar-refractivity contribution is 5.65. The van der Waals surface area contributed by atoms with E-state index in [2.05, 4.69) is 11.9 Å². The second kappa shape index (κ2) is 3.18. The Kier molecular flexibility index (Phi) is 2.15. The van der Waals surface area contributed by atoms with E-state index in [-0.39, 0.29) is 0 Å². The zero-order valence-corrected chi connectivity index (χ0v) is 7.94. The summed E-state index contributed by atoms with van der Waals surface area (Å²) in [5, 5.41) is 8.77. The van der Waals surface area contributed by atoms with Gasteiger partial charge in [0, 0.05) is 25.2 Å². The van der Waals surface area contributed by atoms with E-state index in [1.54, 1.807) is 0 Å². The molecule has 1 aliphatic heterocycles. The number of likely N-dealkylation sites (N-methyl/N-ethyl adjacent to an activating group) is 1. The van der Waals surface area contributed by atoms with E-state index in [0.29, 0.717) is 19.1 Å². The number of carbonyl (C=O) groups is 1. The van der Waals surface area contributed by atoms with Crippen molar-refractivity contribution < 1.29 is 9.90 Å². The molecule has 13 heavy (non-hydrogen) atoms. The number of amides is 1. The minimum atomic E-state index is -0.772. The van der Waals surface area contributed by atoms with Gasteiger partial charge in [-0.15, -0.1) is 0 Å². The fourth-order valence-electron chi connectivity index (χ4n) is 2.03. The summed E-state index contributed by atoms with van der Waals surface area (Å²) in [7, 11) is 2.12. The Morgan fingerprint density at radius 1 is 1.38 bits per heavy atom. The molecule has 0 spiro atoms. The van der Waals surface area contributed by atoms with Crippen molar-refractivity contribution in [2.45, 2.75) is 31.3 Å². The van der Waals surface area contributed by atoms with Crippen molar-refractivity contribution in [3.63, 3.8) is 0 Å². The van der Waals surface area contributed by atoms with E-state index in [0.717, 1.165) is 12.5 Å². The molecule has 2 rings (SSSR count). The molecular formula is C9H16N2O2. The van der Waals surface area contributed by atoms with Gasteiger partial charge in [0.1, 0.15) is 0 Å². The summed E-state index contributed by atoms with van der Waals surface area (Å²) in [6, 6.07) is 1.20. The molecule has 1 saturated heterocycles. The summed E-state index contributed by atoms with van der Waals surface area (Å²) in [5.74, 6) is 0. The first kappa shape index (κ1) is 8.81. The minimum absolute atomic E-state index is 0.462. The maximum absolute atomic E-state index is 10.7. The molecule has 2 fully saturated rings. The topological polar surface area (TPSA) is 43.8 Å². The smallest absolute Gasteiger partial charge is 0.407 e. The number of nitrogens with zero attached hydrogens (tertiary/aromatic N) is 2. The van der Waals surface area contributed by atoms with Gasteiger partial charge in [-0.2, -0.15) is 0 Å². The van der Waals surface area contributed by atoms with Crippen LogP contribution in [-0.2, 0) is 0 Å². The van der Waals surface area contributed by atoms with Crippen LogP contribution in [0.2, 0.25) is 0 Å². The lowest BCUT2D eigenvalue weighted by Crippen LogP contribution is -2.37. The van der Waals surface area contributed by atoms with Gasteiger partial charge in [-0.3, -0.25) is 4.90 Å². The van der Waals surface area contributed by atoms with Crippen molar-refractivity contribution in [3.8, 4) is 0 Å². The van der Waals surface area contributed by atoms with Crippen LogP contribution in [0.25, 0.3) is 0 Å². The SMILES string of the molecule is CN(C1CC1)[C@H]1CCN(C(=O)O)C1. The number of hydrogen-bond donors (Lipinski definition) is 1. The number of likely N-dealkylation sites (tertiary alicyclic amines) is 1. The number of hydrogen-bond acceptors (Lipinski definition) is 2. The summed E-state index contributed by atoms with van der Waals surface area (Å²) in [4.78, 5) is 14.5. The van der Waals surface area contributed by atoms with E-state index in [4.69, 9.17) is 5.11 Å². The molecule has 1 aliphatic carbocycles. The summed E-state index contributed by atoms with van der Waals surface area (Å²) < 4.78 is 0. The first-order valence-corrected chi connectivity index (χ1v) is 4.88. The lowest BCUT2D eigenvalue weighted by atomic mass is 10.2. The van der Waals surface area contributed by atoms with E-state index < -0.39 is 6.09 Å². The fraction of sp³-hybridized carbons (Fsp3) is 0.889. The maximum Gasteiger partial charge on any atom is 0.407 e. The normalized spacial score (nSPS) is 28.5. The molecule has 0 aromatic carbocycles. The molecule has 1 heterocycles. The highest BCUT2D eigenvalue weighted by Crippen LogP contribution is 2.29. The minimum Gasteiger partial charge on any atom is -0.465 e. The van der Waals surface area contributed by atoms with Crippen molar-refractivity contribution in [1.82, 2.24) is 9.80 Å². The van der Waals surface area contributed by atoms with Gasteiger partial charge >= 0.3 is 6.09 Å².